The molecule has 1 unspecified atom stereocenters. The van der Waals surface area contributed by atoms with E-state index in [1.54, 1.807) is 41.3 Å². The highest BCUT2D eigenvalue weighted by Crippen LogP contribution is 2.59. The summed E-state index contributed by atoms with van der Waals surface area (Å²) in [5.74, 6) is -3.17. The predicted molar refractivity (Wildman–Crippen MR) is 138 cm³/mol. The second kappa shape index (κ2) is 9.57. The first-order chi connectivity index (χ1) is 17.7. The topological polar surface area (TPSA) is 96.4 Å². The van der Waals surface area contributed by atoms with Crippen molar-refractivity contribution in [1.29, 1.82) is 0 Å². The van der Waals surface area contributed by atoms with Gasteiger partial charge >= 0.3 is 5.97 Å². The van der Waals surface area contributed by atoms with Crippen molar-refractivity contribution >= 4 is 35.1 Å². The number of carbonyl (C=O) groups is 3. The lowest BCUT2D eigenvalue weighted by atomic mass is 9.73. The Hall–Kier alpha value is -2.68. The molecule has 1 aromatic rings. The minimum atomic E-state index is -1.39. The fraction of sp³-hybridized carbons (Fsp3) is 0.536. The van der Waals surface area contributed by atoms with E-state index in [2.05, 4.69) is 0 Å². The van der Waals surface area contributed by atoms with Crippen molar-refractivity contribution in [3.63, 3.8) is 0 Å². The Kier molecular flexibility index (Phi) is 6.71. The van der Waals surface area contributed by atoms with Crippen LogP contribution in [0.2, 0.25) is 5.02 Å². The molecule has 2 amide bonds. The van der Waals surface area contributed by atoms with Gasteiger partial charge in [0.1, 0.15) is 29.8 Å². The van der Waals surface area contributed by atoms with Gasteiger partial charge in [0.05, 0.1) is 18.6 Å². The highest BCUT2D eigenvalue weighted by Gasteiger charge is 2.76. The van der Waals surface area contributed by atoms with Crippen molar-refractivity contribution in [3.05, 3.63) is 53.6 Å². The molecule has 0 aliphatic carbocycles. The maximum absolute atomic E-state index is 14.4. The minimum Gasteiger partial charge on any atom is -0.461 e. The predicted octanol–water partition coefficient (Wildman–Crippen LogP) is 3.12. The third-order valence-corrected chi connectivity index (χ3v) is 8.87. The van der Waals surface area contributed by atoms with Crippen LogP contribution in [0.4, 0.5) is 5.69 Å². The van der Waals surface area contributed by atoms with Gasteiger partial charge < -0.3 is 24.4 Å². The van der Waals surface area contributed by atoms with E-state index in [-0.39, 0.29) is 37.5 Å². The average molecular weight is 529 g/mol. The molecule has 0 radical (unpaired) electrons. The van der Waals surface area contributed by atoms with E-state index in [0.29, 0.717) is 23.6 Å². The molecule has 198 valence electrons. The fourth-order valence-corrected chi connectivity index (χ4v) is 6.69. The van der Waals surface area contributed by atoms with Crippen LogP contribution in [-0.2, 0) is 23.9 Å². The monoisotopic (exact) mass is 528 g/mol. The summed E-state index contributed by atoms with van der Waals surface area (Å²) in [7, 11) is 0. The van der Waals surface area contributed by atoms with Crippen molar-refractivity contribution in [2.45, 2.75) is 56.9 Å². The van der Waals surface area contributed by atoms with Crippen LogP contribution in [0.1, 0.15) is 33.6 Å². The van der Waals surface area contributed by atoms with Crippen LogP contribution in [-0.4, -0.2) is 70.8 Å². The summed E-state index contributed by atoms with van der Waals surface area (Å²) in [6, 6.07) is 5.25. The number of fused-ring (bicyclic) bond motifs is 2. The number of aliphatic hydroxyl groups excluding tert-OH is 1. The molecule has 2 saturated heterocycles. The third kappa shape index (κ3) is 3.75. The Bertz CT molecular complexity index is 1150. The Morgan fingerprint density at radius 2 is 1.81 bits per heavy atom. The molecule has 0 bridgehead atoms. The second-order valence-electron chi connectivity index (χ2n) is 10.4. The van der Waals surface area contributed by atoms with Crippen LogP contribution in [0.25, 0.3) is 0 Å². The van der Waals surface area contributed by atoms with Gasteiger partial charge in [-0.1, -0.05) is 57.0 Å². The van der Waals surface area contributed by atoms with Crippen molar-refractivity contribution < 1.29 is 29.0 Å². The summed E-state index contributed by atoms with van der Waals surface area (Å²) < 4.78 is 12.3. The molecule has 4 aliphatic heterocycles. The lowest BCUT2D eigenvalue weighted by Gasteiger charge is -2.42. The number of amides is 2. The Balaban J connectivity index is 1.70. The summed E-state index contributed by atoms with van der Waals surface area (Å²) in [4.78, 5) is 45.3. The van der Waals surface area contributed by atoms with Gasteiger partial charge in [-0.2, -0.15) is 0 Å². The average Bonchev–Trinajstić information content (AvgIpc) is 3.17. The van der Waals surface area contributed by atoms with E-state index < -0.39 is 41.1 Å². The summed E-state index contributed by atoms with van der Waals surface area (Å²) in [5.41, 5.74) is -1.84. The number of hydrogen-bond donors (Lipinski definition) is 1. The van der Waals surface area contributed by atoms with E-state index in [1.807, 2.05) is 32.9 Å². The van der Waals surface area contributed by atoms with Gasteiger partial charge in [-0.05, 0) is 42.7 Å². The Labute approximate surface area is 221 Å². The number of halogens is 1. The van der Waals surface area contributed by atoms with Gasteiger partial charge in [0.25, 0.3) is 5.91 Å². The fourth-order valence-electron chi connectivity index (χ4n) is 6.56. The molecular weight excluding hydrogens is 496 g/mol. The zero-order chi connectivity index (χ0) is 26.5. The number of nitrogens with zero attached hydrogens (tertiary/aromatic N) is 2. The summed E-state index contributed by atoms with van der Waals surface area (Å²) in [6.45, 7) is 5.88. The number of benzene rings is 1. The molecular formula is C28H33ClN2O6. The molecule has 8 nitrogen and oxygen atoms in total. The quantitative estimate of drug-likeness (QED) is 0.450. The van der Waals surface area contributed by atoms with Gasteiger partial charge in [0.15, 0.2) is 0 Å². The van der Waals surface area contributed by atoms with Crippen LogP contribution in [0.5, 0.6) is 0 Å². The first-order valence-electron chi connectivity index (χ1n) is 13.0. The smallest absolute Gasteiger partial charge is 0.313 e. The molecule has 4 heterocycles. The summed E-state index contributed by atoms with van der Waals surface area (Å²) in [6.07, 6.45) is 8.32. The maximum Gasteiger partial charge on any atom is 0.313 e. The van der Waals surface area contributed by atoms with Crippen molar-refractivity contribution in [2.75, 3.05) is 24.7 Å². The van der Waals surface area contributed by atoms with E-state index in [9.17, 15) is 19.5 Å². The molecule has 1 N–H and O–H groups in total. The SMILES string of the molecule is CC[C@H](C)[C@H](CO)N1C(=O)[C@@H]2[C@H]3C(=O)OCC=C[C@@]3(CC)O[C@@]23C=CCN(c2ccc(Cl)cc2)C(=O)C13. The number of ether oxygens (including phenoxy) is 2. The molecule has 1 aromatic carbocycles. The molecule has 0 saturated carbocycles. The van der Waals surface area contributed by atoms with Gasteiger partial charge in [0.2, 0.25) is 5.91 Å². The Morgan fingerprint density at radius 1 is 1.08 bits per heavy atom. The Morgan fingerprint density at radius 3 is 2.46 bits per heavy atom. The van der Waals surface area contributed by atoms with Crippen molar-refractivity contribution in [2.24, 2.45) is 17.8 Å². The number of cyclic esters (lactones) is 1. The zero-order valence-electron chi connectivity index (χ0n) is 21.3. The first-order valence-corrected chi connectivity index (χ1v) is 13.3. The molecule has 0 aromatic heterocycles. The minimum absolute atomic E-state index is 0.0919. The molecule has 9 heteroatoms. The molecule has 2 fully saturated rings. The number of rotatable bonds is 6. The van der Waals surface area contributed by atoms with Gasteiger partial charge in [-0.15, -0.1) is 0 Å². The number of anilines is 1. The molecule has 7 atom stereocenters. The largest absolute Gasteiger partial charge is 0.461 e. The molecule has 5 rings (SSSR count). The van der Waals surface area contributed by atoms with Crippen LogP contribution >= 0.6 is 11.6 Å². The third-order valence-electron chi connectivity index (χ3n) is 8.62. The van der Waals surface area contributed by atoms with Gasteiger partial charge in [-0.3, -0.25) is 14.4 Å². The van der Waals surface area contributed by atoms with Gasteiger partial charge in [-0.25, -0.2) is 0 Å². The van der Waals surface area contributed by atoms with Crippen molar-refractivity contribution in [3.8, 4) is 0 Å². The standard InChI is InChI=1S/C28H33ClN2O6/c1-4-17(3)20(16-32)31-23-25(34)30(19-10-8-18(29)9-11-19)14-6-13-28(23)21(24(31)33)22-26(35)36-15-7-12-27(22,5-2)37-28/h6-13,17,20-23,32H,4-5,14-16H2,1-3H3/t17-,20-,21-,22-,23?,27+,28-/m0/s1. The van der Waals surface area contributed by atoms with E-state index in [0.717, 1.165) is 0 Å². The van der Waals surface area contributed by atoms with E-state index >= 15 is 0 Å². The van der Waals surface area contributed by atoms with Crippen LogP contribution in [0, 0.1) is 17.8 Å². The number of carbonyl (C=O) groups excluding carboxylic acids is 3. The molecule has 1 spiro atoms. The first kappa shape index (κ1) is 25.9. The van der Waals surface area contributed by atoms with Crippen LogP contribution in [0.15, 0.2) is 48.6 Å². The van der Waals surface area contributed by atoms with E-state index in [1.165, 1.54) is 4.90 Å². The van der Waals surface area contributed by atoms with Crippen molar-refractivity contribution in [1.82, 2.24) is 4.90 Å². The molecule has 4 aliphatic rings. The highest BCUT2D eigenvalue weighted by molar-refractivity contribution is 6.30. The number of likely N-dealkylation sites (tertiary alicyclic amines) is 1. The summed E-state index contributed by atoms with van der Waals surface area (Å²) >= 11 is 6.09. The van der Waals surface area contributed by atoms with Crippen LogP contribution in [0.3, 0.4) is 0 Å². The number of hydrogen-bond acceptors (Lipinski definition) is 6. The second-order valence-corrected chi connectivity index (χ2v) is 10.8. The lowest BCUT2D eigenvalue weighted by molar-refractivity contribution is -0.159. The maximum atomic E-state index is 14.4. The van der Waals surface area contributed by atoms with Crippen LogP contribution < -0.4 is 4.90 Å². The van der Waals surface area contributed by atoms with E-state index in [4.69, 9.17) is 21.1 Å². The normalized spacial score (nSPS) is 34.4. The number of aliphatic hydroxyl groups is 1. The number of esters is 1. The summed E-state index contributed by atoms with van der Waals surface area (Å²) in [5, 5.41) is 11.0. The zero-order valence-corrected chi connectivity index (χ0v) is 22.1. The van der Waals surface area contributed by atoms with Gasteiger partial charge in [0, 0.05) is 17.3 Å². The lowest BCUT2D eigenvalue weighted by Crippen LogP contribution is -2.60. The molecule has 37 heavy (non-hydrogen) atoms. The highest BCUT2D eigenvalue weighted by atomic mass is 35.5.